The second-order valence-electron chi connectivity index (χ2n) is 3.51. The van der Waals surface area contributed by atoms with Crippen LogP contribution >= 0.6 is 0 Å². The summed E-state index contributed by atoms with van der Waals surface area (Å²) < 4.78 is 4.87. The zero-order valence-corrected chi connectivity index (χ0v) is 10.4. The van der Waals surface area contributed by atoms with Crippen LogP contribution in [0.4, 0.5) is 0 Å². The van der Waals surface area contributed by atoms with E-state index in [4.69, 9.17) is 4.74 Å². The van der Waals surface area contributed by atoms with Crippen LogP contribution in [0, 0.1) is 11.8 Å². The molecular weight excluding hydrogens is 230 g/mol. The summed E-state index contributed by atoms with van der Waals surface area (Å²) in [5, 5.41) is 2.58. The Bertz CT molecular complexity index is 480. The molecule has 1 N–H and O–H groups in total. The van der Waals surface area contributed by atoms with Gasteiger partial charge >= 0.3 is 5.97 Å². The van der Waals surface area contributed by atoms with Gasteiger partial charge in [-0.15, -0.1) is 0 Å². The zero-order chi connectivity index (χ0) is 13.4. The van der Waals surface area contributed by atoms with Crippen molar-refractivity contribution in [1.82, 2.24) is 5.32 Å². The monoisotopic (exact) mass is 245 g/mol. The lowest BCUT2D eigenvalue weighted by atomic mass is 10.1. The lowest BCUT2D eigenvalue weighted by Gasteiger charge is -2.00. The predicted molar refractivity (Wildman–Crippen MR) is 68.0 cm³/mol. The highest BCUT2D eigenvalue weighted by molar-refractivity contribution is 5.89. The molecule has 94 valence electrons. The summed E-state index contributed by atoms with van der Waals surface area (Å²) in [5.41, 5.74) is 1.29. The van der Waals surface area contributed by atoms with Crippen LogP contribution < -0.4 is 5.32 Å². The molecule has 0 saturated heterocycles. The molecule has 4 heteroatoms. The van der Waals surface area contributed by atoms with Crippen molar-refractivity contribution in [2.45, 2.75) is 13.8 Å². The van der Waals surface area contributed by atoms with Crippen LogP contribution in [0.15, 0.2) is 24.3 Å². The van der Waals surface area contributed by atoms with Gasteiger partial charge in [0.1, 0.15) is 0 Å². The minimum atomic E-state index is -0.338. The Balaban J connectivity index is 2.60. The zero-order valence-electron chi connectivity index (χ0n) is 10.4. The van der Waals surface area contributed by atoms with Crippen LogP contribution in [0.1, 0.15) is 29.8 Å². The molecule has 0 aromatic heterocycles. The maximum absolute atomic E-state index is 11.4. The smallest absolute Gasteiger partial charge is 0.338 e. The highest BCUT2D eigenvalue weighted by Gasteiger charge is 2.04. The van der Waals surface area contributed by atoms with Gasteiger partial charge < -0.3 is 10.1 Å². The maximum Gasteiger partial charge on any atom is 0.338 e. The van der Waals surface area contributed by atoms with Gasteiger partial charge in [-0.05, 0) is 31.2 Å². The molecule has 1 aromatic carbocycles. The van der Waals surface area contributed by atoms with Crippen molar-refractivity contribution in [3.05, 3.63) is 35.4 Å². The first kappa shape index (κ1) is 13.8. The normalized spacial score (nSPS) is 9.00. The number of nitrogens with one attached hydrogen (secondary N) is 1. The number of amides is 1. The Morgan fingerprint density at radius 1 is 1.28 bits per heavy atom. The Hall–Kier alpha value is -2.28. The van der Waals surface area contributed by atoms with Crippen LogP contribution in [0.5, 0.6) is 0 Å². The number of hydrogen-bond donors (Lipinski definition) is 1. The molecule has 4 nitrogen and oxygen atoms in total. The van der Waals surface area contributed by atoms with Crippen LogP contribution in [0.25, 0.3) is 0 Å². The van der Waals surface area contributed by atoms with Crippen molar-refractivity contribution in [2.24, 2.45) is 0 Å². The van der Waals surface area contributed by atoms with E-state index in [0.717, 1.165) is 5.56 Å². The number of esters is 1. The first-order chi connectivity index (χ1) is 8.63. The molecule has 18 heavy (non-hydrogen) atoms. The molecule has 0 unspecified atom stereocenters. The Morgan fingerprint density at radius 2 is 1.94 bits per heavy atom. The number of rotatable bonds is 3. The summed E-state index contributed by atoms with van der Waals surface area (Å²) in [5.74, 6) is 5.24. The third kappa shape index (κ3) is 4.71. The van der Waals surface area contributed by atoms with Gasteiger partial charge in [-0.1, -0.05) is 11.8 Å². The van der Waals surface area contributed by atoms with Crippen LogP contribution in [-0.4, -0.2) is 25.0 Å². The highest BCUT2D eigenvalue weighted by Crippen LogP contribution is 2.04. The minimum Gasteiger partial charge on any atom is -0.462 e. The molecule has 0 spiro atoms. The van der Waals surface area contributed by atoms with Crippen molar-refractivity contribution in [1.29, 1.82) is 0 Å². The molecule has 1 amide bonds. The van der Waals surface area contributed by atoms with Crippen molar-refractivity contribution < 1.29 is 14.3 Å². The van der Waals surface area contributed by atoms with Crippen molar-refractivity contribution in [3.8, 4) is 11.8 Å². The van der Waals surface area contributed by atoms with E-state index in [1.165, 1.54) is 6.92 Å². The van der Waals surface area contributed by atoms with Gasteiger partial charge in [0, 0.05) is 12.5 Å². The summed E-state index contributed by atoms with van der Waals surface area (Å²) in [6.45, 7) is 3.88. The topological polar surface area (TPSA) is 55.4 Å². The van der Waals surface area contributed by atoms with Gasteiger partial charge in [0.25, 0.3) is 0 Å². The number of benzene rings is 1. The number of carbonyl (C=O) groups is 2. The molecule has 0 fully saturated rings. The lowest BCUT2D eigenvalue weighted by molar-refractivity contribution is -0.118. The summed E-state index contributed by atoms with van der Waals surface area (Å²) >= 11 is 0. The first-order valence-electron chi connectivity index (χ1n) is 5.64. The second kappa shape index (κ2) is 7.13. The van der Waals surface area contributed by atoms with Gasteiger partial charge in [0.15, 0.2) is 0 Å². The number of ether oxygens (including phenoxy) is 1. The van der Waals surface area contributed by atoms with Crippen molar-refractivity contribution in [3.63, 3.8) is 0 Å². The van der Waals surface area contributed by atoms with E-state index >= 15 is 0 Å². The highest BCUT2D eigenvalue weighted by atomic mass is 16.5. The van der Waals surface area contributed by atoms with Gasteiger partial charge in [0.2, 0.25) is 5.91 Å². The Labute approximate surface area is 106 Å². The number of carbonyl (C=O) groups excluding carboxylic acids is 2. The van der Waals surface area contributed by atoms with Gasteiger partial charge in [-0.2, -0.15) is 0 Å². The average Bonchev–Trinajstić information content (AvgIpc) is 2.35. The fourth-order valence-corrected chi connectivity index (χ4v) is 1.22. The Kier molecular flexibility index (Phi) is 5.46. The van der Waals surface area contributed by atoms with Gasteiger partial charge in [-0.25, -0.2) is 4.79 Å². The number of hydrogen-bond acceptors (Lipinski definition) is 3. The van der Waals surface area contributed by atoms with E-state index in [2.05, 4.69) is 17.2 Å². The van der Waals surface area contributed by atoms with Crippen molar-refractivity contribution in [2.75, 3.05) is 13.2 Å². The molecule has 0 aliphatic carbocycles. The van der Waals surface area contributed by atoms with Crippen molar-refractivity contribution >= 4 is 11.9 Å². The predicted octanol–water partition coefficient (Wildman–Crippen LogP) is 1.35. The average molecular weight is 245 g/mol. The summed E-state index contributed by atoms with van der Waals surface area (Å²) in [7, 11) is 0. The summed E-state index contributed by atoms with van der Waals surface area (Å²) in [4.78, 5) is 22.0. The first-order valence-corrected chi connectivity index (χ1v) is 5.64. The largest absolute Gasteiger partial charge is 0.462 e. The lowest BCUT2D eigenvalue weighted by Crippen LogP contribution is -2.19. The quantitative estimate of drug-likeness (QED) is 0.646. The molecule has 0 saturated carbocycles. The Morgan fingerprint density at radius 3 is 2.50 bits per heavy atom. The molecular formula is C14H15NO3. The molecule has 1 aromatic rings. The molecule has 0 radical (unpaired) electrons. The van der Waals surface area contributed by atoms with E-state index in [9.17, 15) is 9.59 Å². The van der Waals surface area contributed by atoms with E-state index in [0.29, 0.717) is 18.7 Å². The molecule has 0 atom stereocenters. The van der Waals surface area contributed by atoms with Crippen LogP contribution in [0.3, 0.4) is 0 Å². The molecule has 0 aliphatic rings. The molecule has 1 rings (SSSR count). The van der Waals surface area contributed by atoms with E-state index in [-0.39, 0.29) is 11.9 Å². The standard InChI is InChI=1S/C14H15NO3/c1-3-18-14(17)13-8-6-12(7-9-13)5-4-10-15-11(2)16/h6-9H,3,10H2,1-2H3,(H,15,16). The van der Waals surface area contributed by atoms with E-state index in [1.54, 1.807) is 31.2 Å². The third-order valence-corrected chi connectivity index (χ3v) is 2.05. The molecule has 0 heterocycles. The van der Waals surface area contributed by atoms with Crippen LogP contribution in [0.2, 0.25) is 0 Å². The fraction of sp³-hybridized carbons (Fsp3) is 0.286. The summed E-state index contributed by atoms with van der Waals surface area (Å²) in [6, 6.07) is 6.82. The minimum absolute atomic E-state index is 0.109. The molecule has 0 aliphatic heterocycles. The summed E-state index contributed by atoms with van der Waals surface area (Å²) in [6.07, 6.45) is 0. The SMILES string of the molecule is CCOC(=O)c1ccc(C#CCNC(C)=O)cc1. The van der Waals surface area contributed by atoms with Gasteiger partial charge in [-0.3, -0.25) is 4.79 Å². The third-order valence-electron chi connectivity index (χ3n) is 2.05. The van der Waals surface area contributed by atoms with Crippen LogP contribution in [-0.2, 0) is 9.53 Å². The molecule has 0 bridgehead atoms. The fourth-order valence-electron chi connectivity index (χ4n) is 1.22. The van der Waals surface area contributed by atoms with E-state index < -0.39 is 0 Å². The van der Waals surface area contributed by atoms with Gasteiger partial charge in [0.05, 0.1) is 18.7 Å². The van der Waals surface area contributed by atoms with E-state index in [1.807, 2.05) is 0 Å². The second-order valence-corrected chi connectivity index (χ2v) is 3.51. The maximum atomic E-state index is 11.4.